The summed E-state index contributed by atoms with van der Waals surface area (Å²) in [6.45, 7) is 6.92. The van der Waals surface area contributed by atoms with Crippen molar-refractivity contribution in [2.45, 2.75) is 33.0 Å². The van der Waals surface area contributed by atoms with E-state index in [9.17, 15) is 9.59 Å². The minimum absolute atomic E-state index is 0.224. The molecule has 3 heterocycles. The lowest BCUT2D eigenvalue weighted by Gasteiger charge is -2.40. The van der Waals surface area contributed by atoms with Gasteiger partial charge < -0.3 is 14.5 Å². The summed E-state index contributed by atoms with van der Waals surface area (Å²) in [5.74, 6) is 0.368. The van der Waals surface area contributed by atoms with Crippen LogP contribution in [0.2, 0.25) is 5.02 Å². The van der Waals surface area contributed by atoms with Crippen molar-refractivity contribution < 1.29 is 14.3 Å². The molecule has 0 aromatic heterocycles. The molecule has 1 saturated heterocycles. The summed E-state index contributed by atoms with van der Waals surface area (Å²) in [6.07, 6.45) is 1.34. The second-order valence-electron chi connectivity index (χ2n) is 7.31. The van der Waals surface area contributed by atoms with Gasteiger partial charge >= 0.3 is 6.03 Å². The summed E-state index contributed by atoms with van der Waals surface area (Å²) in [4.78, 5) is 37.3. The van der Waals surface area contributed by atoms with Crippen molar-refractivity contribution in [3.63, 3.8) is 0 Å². The topological polar surface area (TPSA) is 68.7 Å². The Kier molecular flexibility index (Phi) is 5.00. The summed E-state index contributed by atoms with van der Waals surface area (Å²) in [7, 11) is 1.68. The Morgan fingerprint density at radius 2 is 2.00 bits per heavy atom. The second kappa shape index (κ2) is 7.35. The number of hydrogen-bond donors (Lipinski definition) is 0. The second-order valence-corrected chi connectivity index (χ2v) is 7.75. The fourth-order valence-electron chi connectivity index (χ4n) is 3.98. The average molecular weight is 418 g/mol. The van der Waals surface area contributed by atoms with E-state index in [1.807, 2.05) is 55.0 Å². The minimum Gasteiger partial charge on any atom is -0.380 e. The number of likely N-dealkylation sites (N-methyl/N-ethyl adjacent to an activating group) is 1. The van der Waals surface area contributed by atoms with E-state index in [0.29, 0.717) is 24.2 Å². The number of carbonyl (C=O) groups is 2. The number of anilines is 1. The molecule has 0 radical (unpaired) electrons. The maximum absolute atomic E-state index is 13.2. The lowest BCUT2D eigenvalue weighted by Crippen LogP contribution is -2.64. The smallest absolute Gasteiger partial charge is 0.328 e. The molecule has 8 nitrogen and oxygen atoms in total. The Morgan fingerprint density at radius 1 is 1.24 bits per heavy atom. The van der Waals surface area contributed by atoms with Crippen LogP contribution in [0.5, 0.6) is 0 Å². The number of fused-ring (bicyclic) bond motifs is 3. The number of halogens is 1. The molecule has 29 heavy (non-hydrogen) atoms. The number of benzene rings is 1. The quantitative estimate of drug-likeness (QED) is 0.689. The number of ether oxygens (including phenoxy) is 1. The van der Waals surface area contributed by atoms with Crippen LogP contribution in [0.25, 0.3) is 0 Å². The molecular weight excluding hydrogens is 394 g/mol. The van der Waals surface area contributed by atoms with E-state index in [1.165, 1.54) is 9.80 Å². The number of urea groups is 1. The maximum Gasteiger partial charge on any atom is 0.328 e. The highest BCUT2D eigenvalue weighted by molar-refractivity contribution is 6.31. The molecule has 1 aromatic rings. The van der Waals surface area contributed by atoms with Crippen LogP contribution in [-0.4, -0.2) is 71.6 Å². The van der Waals surface area contributed by atoms with Crippen LogP contribution in [0.3, 0.4) is 0 Å². The Morgan fingerprint density at radius 3 is 2.72 bits per heavy atom. The number of aryl methyl sites for hydroxylation is 1. The summed E-state index contributed by atoms with van der Waals surface area (Å²) in [5, 5.41) is 0.623. The normalized spacial score (nSPS) is 23.5. The number of aliphatic imine (C=N–C) groups is 1. The molecule has 1 fully saturated rings. The number of allylic oxidation sites excluding steroid dienone is 1. The van der Waals surface area contributed by atoms with Crippen molar-refractivity contribution in [3.05, 3.63) is 40.7 Å². The summed E-state index contributed by atoms with van der Waals surface area (Å²) in [5.41, 5.74) is 2.87. The molecule has 2 atom stereocenters. The highest BCUT2D eigenvalue weighted by Crippen LogP contribution is 2.38. The highest BCUT2D eigenvalue weighted by atomic mass is 35.5. The largest absolute Gasteiger partial charge is 0.380 e. The zero-order chi connectivity index (χ0) is 20.9. The Balaban J connectivity index is 1.68. The summed E-state index contributed by atoms with van der Waals surface area (Å²) in [6, 6.07) is 4.73. The third-order valence-electron chi connectivity index (χ3n) is 5.46. The monoisotopic (exact) mass is 417 g/mol. The molecule has 154 valence electrons. The van der Waals surface area contributed by atoms with Crippen molar-refractivity contribution in [1.82, 2.24) is 14.7 Å². The maximum atomic E-state index is 13.2. The number of carbonyl (C=O) groups excluding carboxylic acids is 2. The van der Waals surface area contributed by atoms with Crippen LogP contribution >= 0.6 is 11.6 Å². The summed E-state index contributed by atoms with van der Waals surface area (Å²) < 4.78 is 5.34. The van der Waals surface area contributed by atoms with Crippen LogP contribution < -0.4 is 4.90 Å². The number of imide groups is 1. The van der Waals surface area contributed by atoms with Crippen molar-refractivity contribution >= 4 is 35.2 Å². The van der Waals surface area contributed by atoms with Crippen LogP contribution in [-0.2, 0) is 9.53 Å². The average Bonchev–Trinajstić information content (AvgIpc) is 3.19. The molecule has 2 unspecified atom stereocenters. The summed E-state index contributed by atoms with van der Waals surface area (Å²) >= 11 is 6.23. The van der Waals surface area contributed by atoms with Crippen molar-refractivity contribution in [3.8, 4) is 0 Å². The van der Waals surface area contributed by atoms with E-state index in [0.717, 1.165) is 16.9 Å². The van der Waals surface area contributed by atoms with Gasteiger partial charge in [-0.1, -0.05) is 17.7 Å². The van der Waals surface area contributed by atoms with Gasteiger partial charge in [0.2, 0.25) is 5.96 Å². The van der Waals surface area contributed by atoms with Crippen molar-refractivity contribution in [1.29, 1.82) is 0 Å². The van der Waals surface area contributed by atoms with Gasteiger partial charge in [-0.3, -0.25) is 14.6 Å². The van der Waals surface area contributed by atoms with Gasteiger partial charge in [0.05, 0.1) is 18.8 Å². The van der Waals surface area contributed by atoms with Gasteiger partial charge in [-0.25, -0.2) is 9.79 Å². The van der Waals surface area contributed by atoms with E-state index in [4.69, 9.17) is 21.3 Å². The van der Waals surface area contributed by atoms with E-state index >= 15 is 0 Å². The van der Waals surface area contributed by atoms with Gasteiger partial charge in [0, 0.05) is 30.6 Å². The Bertz CT molecular complexity index is 931. The van der Waals surface area contributed by atoms with E-state index in [-0.39, 0.29) is 18.5 Å². The molecule has 0 N–H and O–H groups in total. The van der Waals surface area contributed by atoms with Gasteiger partial charge in [-0.2, -0.15) is 0 Å². The highest BCUT2D eigenvalue weighted by Gasteiger charge is 2.54. The molecule has 0 spiro atoms. The van der Waals surface area contributed by atoms with Crippen LogP contribution in [0.1, 0.15) is 19.4 Å². The molecule has 3 aliphatic rings. The first-order valence-corrected chi connectivity index (χ1v) is 9.99. The Hall–Kier alpha value is -2.58. The van der Waals surface area contributed by atoms with Crippen LogP contribution in [0.4, 0.5) is 10.5 Å². The lowest BCUT2D eigenvalue weighted by atomic mass is 10.1. The van der Waals surface area contributed by atoms with E-state index in [2.05, 4.69) is 0 Å². The van der Waals surface area contributed by atoms with Gasteiger partial charge in [-0.05, 0) is 38.5 Å². The van der Waals surface area contributed by atoms with E-state index < -0.39 is 12.2 Å². The van der Waals surface area contributed by atoms with Gasteiger partial charge in [0.15, 0.2) is 12.2 Å². The lowest BCUT2D eigenvalue weighted by molar-refractivity contribution is -0.137. The SMILES string of the molecule is CCOCCN1C(=O)C2C(N=C3N(c4cc(Cl)ccc4C)C(C)=CN32)N(C)C1=O. The molecule has 0 bridgehead atoms. The Labute approximate surface area is 175 Å². The van der Waals surface area contributed by atoms with Crippen molar-refractivity contribution in [2.24, 2.45) is 4.99 Å². The molecule has 1 aromatic carbocycles. The van der Waals surface area contributed by atoms with Crippen molar-refractivity contribution in [2.75, 3.05) is 31.7 Å². The zero-order valence-electron chi connectivity index (χ0n) is 16.9. The fourth-order valence-corrected chi connectivity index (χ4v) is 4.15. The number of rotatable bonds is 5. The first-order chi connectivity index (χ1) is 13.8. The number of nitrogens with zero attached hydrogens (tertiary/aromatic N) is 5. The first kappa shape index (κ1) is 19.7. The number of hydrogen-bond acceptors (Lipinski definition) is 6. The number of guanidine groups is 1. The standard InChI is InChI=1S/C20H24ClN5O3/c1-5-29-9-8-24-18(27)16-17(23(4)20(24)28)22-19-25(16)11-13(3)26(19)15-10-14(21)7-6-12(15)2/h6-7,10-11,16-17H,5,8-9H2,1-4H3. The minimum atomic E-state index is -0.589. The third kappa shape index (κ3) is 3.07. The predicted molar refractivity (Wildman–Crippen MR) is 111 cm³/mol. The molecule has 3 aliphatic heterocycles. The zero-order valence-corrected chi connectivity index (χ0v) is 17.7. The fraction of sp³-hybridized carbons (Fsp3) is 0.450. The molecule has 4 rings (SSSR count). The van der Waals surface area contributed by atoms with Gasteiger partial charge in [0.25, 0.3) is 5.91 Å². The van der Waals surface area contributed by atoms with E-state index in [1.54, 1.807) is 7.05 Å². The molecule has 9 heteroatoms. The van der Waals surface area contributed by atoms with Crippen LogP contribution in [0.15, 0.2) is 35.1 Å². The first-order valence-electron chi connectivity index (χ1n) is 9.62. The third-order valence-corrected chi connectivity index (χ3v) is 5.70. The van der Waals surface area contributed by atoms with Gasteiger partial charge in [-0.15, -0.1) is 0 Å². The molecular formula is C20H24ClN5O3. The number of amides is 3. The van der Waals surface area contributed by atoms with Gasteiger partial charge in [0.1, 0.15) is 0 Å². The molecule has 0 aliphatic carbocycles. The van der Waals surface area contributed by atoms with Crippen LogP contribution in [0, 0.1) is 6.92 Å². The predicted octanol–water partition coefficient (Wildman–Crippen LogP) is 2.63. The molecule has 0 saturated carbocycles. The molecule has 3 amide bonds.